The van der Waals surface area contributed by atoms with Gasteiger partial charge in [-0.1, -0.05) is 11.3 Å². The minimum Gasteiger partial charge on any atom is -0.396 e. The highest BCUT2D eigenvalue weighted by molar-refractivity contribution is 7.17. The Labute approximate surface area is 112 Å². The van der Waals surface area contributed by atoms with Crippen molar-refractivity contribution < 1.29 is 9.90 Å². The minimum absolute atomic E-state index is 0.0638. The number of carbonyl (C=O) groups excluding carboxylic acids is 1. The van der Waals surface area contributed by atoms with E-state index < -0.39 is 0 Å². The smallest absolute Gasteiger partial charge is 0.263 e. The third-order valence-electron chi connectivity index (χ3n) is 2.55. The maximum Gasteiger partial charge on any atom is 0.263 e. The average Bonchev–Trinajstić information content (AvgIpc) is 2.68. The van der Waals surface area contributed by atoms with Crippen LogP contribution in [0.3, 0.4) is 0 Å². The van der Waals surface area contributed by atoms with Gasteiger partial charge in [0.2, 0.25) is 0 Å². The number of anilines is 1. The van der Waals surface area contributed by atoms with Gasteiger partial charge in [-0.05, 0) is 26.7 Å². The SMILES string of the molecule is Cc1nc(N(C)C)sc1C(=O)NC(C)CCCO. The monoisotopic (exact) mass is 271 g/mol. The molecule has 1 aromatic rings. The fourth-order valence-corrected chi connectivity index (χ4v) is 2.44. The van der Waals surface area contributed by atoms with Crippen LogP contribution in [0.1, 0.15) is 35.1 Å². The van der Waals surface area contributed by atoms with E-state index in [9.17, 15) is 4.79 Å². The second-order valence-corrected chi connectivity index (χ2v) is 5.52. The second kappa shape index (κ2) is 6.70. The number of hydrogen-bond donors (Lipinski definition) is 2. The summed E-state index contributed by atoms with van der Waals surface area (Å²) in [4.78, 5) is 19.0. The molecule has 0 aliphatic rings. The van der Waals surface area contributed by atoms with E-state index in [-0.39, 0.29) is 18.6 Å². The van der Waals surface area contributed by atoms with Crippen molar-refractivity contribution in [1.82, 2.24) is 10.3 Å². The maximum absolute atomic E-state index is 12.1. The first-order valence-corrected chi connectivity index (χ1v) is 6.83. The van der Waals surface area contributed by atoms with Crippen LogP contribution >= 0.6 is 11.3 Å². The number of hydrogen-bond acceptors (Lipinski definition) is 5. The molecule has 0 bridgehead atoms. The van der Waals surface area contributed by atoms with E-state index in [1.54, 1.807) is 0 Å². The lowest BCUT2D eigenvalue weighted by Gasteiger charge is -2.12. The van der Waals surface area contributed by atoms with Gasteiger partial charge in [0.05, 0.1) is 5.69 Å². The van der Waals surface area contributed by atoms with Crippen LogP contribution in [-0.4, -0.2) is 42.7 Å². The molecule has 0 aromatic carbocycles. The number of thiazole rings is 1. The number of rotatable bonds is 6. The Morgan fingerprint density at radius 1 is 1.56 bits per heavy atom. The highest BCUT2D eigenvalue weighted by Crippen LogP contribution is 2.24. The number of aryl methyl sites for hydroxylation is 1. The molecule has 2 N–H and O–H groups in total. The third-order valence-corrected chi connectivity index (χ3v) is 3.87. The van der Waals surface area contributed by atoms with Gasteiger partial charge >= 0.3 is 0 Å². The predicted octanol–water partition coefficient (Wildman–Crippen LogP) is 1.41. The molecule has 1 aromatic heterocycles. The van der Waals surface area contributed by atoms with Crippen LogP contribution in [0.2, 0.25) is 0 Å². The van der Waals surface area contributed by atoms with E-state index in [0.717, 1.165) is 17.2 Å². The fourth-order valence-electron chi connectivity index (χ4n) is 1.54. The van der Waals surface area contributed by atoms with Gasteiger partial charge in [-0.2, -0.15) is 0 Å². The van der Waals surface area contributed by atoms with Crippen LogP contribution < -0.4 is 10.2 Å². The molecule has 1 unspecified atom stereocenters. The Morgan fingerprint density at radius 2 is 2.22 bits per heavy atom. The van der Waals surface area contributed by atoms with Crippen molar-refractivity contribution in [3.05, 3.63) is 10.6 Å². The molecule has 0 radical (unpaired) electrons. The third kappa shape index (κ3) is 3.96. The van der Waals surface area contributed by atoms with Crippen molar-refractivity contribution in [2.75, 3.05) is 25.6 Å². The van der Waals surface area contributed by atoms with Gasteiger partial charge in [0, 0.05) is 26.7 Å². The van der Waals surface area contributed by atoms with Crippen LogP contribution in [0, 0.1) is 6.92 Å². The molecular weight excluding hydrogens is 250 g/mol. The molecule has 0 fully saturated rings. The van der Waals surface area contributed by atoms with Crippen LogP contribution in [0.15, 0.2) is 0 Å². The van der Waals surface area contributed by atoms with Crippen LogP contribution in [0.5, 0.6) is 0 Å². The standard InChI is InChI=1S/C12H21N3O2S/c1-8(6-5-7-16)13-11(17)10-9(2)14-12(18-10)15(3)4/h8,16H,5-7H2,1-4H3,(H,13,17). The predicted molar refractivity (Wildman–Crippen MR) is 74.4 cm³/mol. The molecule has 1 atom stereocenters. The van der Waals surface area contributed by atoms with E-state index in [1.165, 1.54) is 11.3 Å². The normalized spacial score (nSPS) is 12.3. The maximum atomic E-state index is 12.1. The van der Waals surface area contributed by atoms with Crippen molar-refractivity contribution in [2.45, 2.75) is 32.7 Å². The Bertz CT molecular complexity index is 404. The summed E-state index contributed by atoms with van der Waals surface area (Å²) in [6.07, 6.45) is 1.48. The molecule has 0 aliphatic heterocycles. The second-order valence-electron chi connectivity index (χ2n) is 4.55. The van der Waals surface area contributed by atoms with Crippen LogP contribution in [0.25, 0.3) is 0 Å². The number of aliphatic hydroxyl groups excluding tert-OH is 1. The Balaban J connectivity index is 2.66. The first kappa shape index (κ1) is 14.9. The molecule has 1 heterocycles. The molecule has 0 saturated heterocycles. The van der Waals surface area contributed by atoms with E-state index in [4.69, 9.17) is 5.11 Å². The fraction of sp³-hybridized carbons (Fsp3) is 0.667. The topological polar surface area (TPSA) is 65.5 Å². The molecule has 6 heteroatoms. The van der Waals surface area contributed by atoms with Crippen molar-refractivity contribution >= 4 is 22.4 Å². The zero-order valence-electron chi connectivity index (χ0n) is 11.4. The highest BCUT2D eigenvalue weighted by Gasteiger charge is 2.17. The lowest BCUT2D eigenvalue weighted by molar-refractivity contribution is 0.0939. The number of aromatic nitrogens is 1. The summed E-state index contributed by atoms with van der Waals surface area (Å²) in [6, 6.07) is 0.0638. The summed E-state index contributed by atoms with van der Waals surface area (Å²) < 4.78 is 0. The highest BCUT2D eigenvalue weighted by atomic mass is 32.1. The molecule has 0 aliphatic carbocycles. The zero-order chi connectivity index (χ0) is 13.7. The Hall–Kier alpha value is -1.14. The Kier molecular flexibility index (Phi) is 5.55. The number of nitrogens with zero attached hydrogens (tertiary/aromatic N) is 2. The van der Waals surface area contributed by atoms with Gasteiger partial charge in [-0.3, -0.25) is 4.79 Å². The van der Waals surface area contributed by atoms with Gasteiger partial charge in [-0.15, -0.1) is 0 Å². The van der Waals surface area contributed by atoms with Crippen molar-refractivity contribution in [1.29, 1.82) is 0 Å². The van der Waals surface area contributed by atoms with E-state index in [0.29, 0.717) is 11.3 Å². The summed E-state index contributed by atoms with van der Waals surface area (Å²) in [7, 11) is 3.81. The first-order valence-electron chi connectivity index (χ1n) is 6.02. The number of nitrogens with one attached hydrogen (secondary N) is 1. The average molecular weight is 271 g/mol. The van der Waals surface area contributed by atoms with Crippen molar-refractivity contribution in [2.24, 2.45) is 0 Å². The largest absolute Gasteiger partial charge is 0.396 e. The summed E-state index contributed by atoms with van der Waals surface area (Å²) in [5.74, 6) is -0.0801. The van der Waals surface area contributed by atoms with Gasteiger partial charge < -0.3 is 15.3 Å². The molecule has 18 heavy (non-hydrogen) atoms. The first-order chi connectivity index (χ1) is 8.45. The van der Waals surface area contributed by atoms with Crippen LogP contribution in [0.4, 0.5) is 5.13 Å². The molecule has 5 nitrogen and oxygen atoms in total. The summed E-state index contributed by atoms with van der Waals surface area (Å²) in [5.41, 5.74) is 0.760. The van der Waals surface area contributed by atoms with E-state index >= 15 is 0 Å². The molecule has 0 saturated carbocycles. The summed E-state index contributed by atoms with van der Waals surface area (Å²) >= 11 is 1.39. The van der Waals surface area contributed by atoms with E-state index in [1.807, 2.05) is 32.8 Å². The molecule has 0 spiro atoms. The van der Waals surface area contributed by atoms with E-state index in [2.05, 4.69) is 10.3 Å². The van der Waals surface area contributed by atoms with Crippen molar-refractivity contribution in [3.8, 4) is 0 Å². The number of carbonyl (C=O) groups is 1. The van der Waals surface area contributed by atoms with Crippen molar-refractivity contribution in [3.63, 3.8) is 0 Å². The van der Waals surface area contributed by atoms with Gasteiger partial charge in [0.15, 0.2) is 5.13 Å². The molecule has 102 valence electrons. The Morgan fingerprint density at radius 3 is 2.72 bits per heavy atom. The minimum atomic E-state index is -0.0801. The quantitative estimate of drug-likeness (QED) is 0.821. The lowest BCUT2D eigenvalue weighted by Crippen LogP contribution is -2.32. The van der Waals surface area contributed by atoms with Crippen LogP contribution in [-0.2, 0) is 0 Å². The number of aliphatic hydroxyl groups is 1. The van der Waals surface area contributed by atoms with Gasteiger partial charge in [0.25, 0.3) is 5.91 Å². The summed E-state index contributed by atoms with van der Waals surface area (Å²) in [6.45, 7) is 3.94. The molecular formula is C12H21N3O2S. The van der Waals surface area contributed by atoms with Gasteiger partial charge in [-0.25, -0.2) is 4.98 Å². The van der Waals surface area contributed by atoms with Gasteiger partial charge in [0.1, 0.15) is 4.88 Å². The number of amides is 1. The summed E-state index contributed by atoms with van der Waals surface area (Å²) in [5, 5.41) is 12.5. The zero-order valence-corrected chi connectivity index (χ0v) is 12.2. The molecule has 1 amide bonds. The lowest BCUT2D eigenvalue weighted by atomic mass is 10.2. The molecule has 1 rings (SSSR count).